The summed E-state index contributed by atoms with van der Waals surface area (Å²) in [6.45, 7) is 8.52. The summed E-state index contributed by atoms with van der Waals surface area (Å²) in [5, 5.41) is 10.3. The van der Waals surface area contributed by atoms with Crippen LogP contribution in [0.25, 0.3) is 0 Å². The van der Waals surface area contributed by atoms with Crippen LogP contribution >= 0.6 is 11.6 Å². The predicted molar refractivity (Wildman–Crippen MR) is 97.0 cm³/mol. The fraction of sp³-hybridized carbons (Fsp3) is 0.550. The first-order chi connectivity index (χ1) is 11.0. The van der Waals surface area contributed by atoms with Crippen LogP contribution in [0.1, 0.15) is 36.8 Å². The van der Waals surface area contributed by atoms with Gasteiger partial charge in [-0.1, -0.05) is 24.6 Å². The number of hydrogen-bond donors (Lipinski definition) is 1. The van der Waals surface area contributed by atoms with Gasteiger partial charge in [-0.3, -0.25) is 0 Å². The fourth-order valence-corrected chi connectivity index (χ4v) is 3.65. The summed E-state index contributed by atoms with van der Waals surface area (Å²) in [5.41, 5.74) is 2.48. The molecule has 0 aromatic heterocycles. The Kier molecular flexibility index (Phi) is 10.1. The number of aryl methyl sites for hydroxylation is 2. The molecule has 1 aliphatic carbocycles. The molecule has 2 rings (SSSR count). The van der Waals surface area contributed by atoms with Gasteiger partial charge >= 0.3 is 0 Å². The van der Waals surface area contributed by atoms with Crippen molar-refractivity contribution in [3.05, 3.63) is 48.4 Å². The molecule has 0 spiro atoms. The molecule has 0 amide bonds. The van der Waals surface area contributed by atoms with Gasteiger partial charge in [-0.25, -0.2) is 0 Å². The molecule has 0 unspecified atom stereocenters. The van der Waals surface area contributed by atoms with E-state index in [1.54, 1.807) is 0 Å². The molecular formula is C20H28ClO2Y-. The Morgan fingerprint density at radius 1 is 1.25 bits per heavy atom. The molecule has 1 aromatic carbocycles. The zero-order chi connectivity index (χ0) is 16.8. The molecule has 0 bridgehead atoms. The molecular weight excluding hydrogens is 397 g/mol. The average Bonchev–Trinajstić information content (AvgIpc) is 2.78. The molecule has 0 heterocycles. The standard InChI is InChI=1S/C20H28ClO2.Y/c1-4-5-6-7-8-17-18(20(22)12-19(17)21)13-23-16-10-9-14(2)15(3)11-16;/h6-7,9-11,17-20,22H,1,4-5,8,12-13H2,2-3H3;/q-1;/b7-6-;/t17-,18-,19-,20-;/m1./s1. The van der Waals surface area contributed by atoms with Crippen molar-refractivity contribution in [2.75, 3.05) is 6.61 Å². The van der Waals surface area contributed by atoms with E-state index in [2.05, 4.69) is 45.1 Å². The zero-order valence-electron chi connectivity index (χ0n) is 14.7. The number of rotatable bonds is 7. The van der Waals surface area contributed by atoms with Gasteiger partial charge in [0.25, 0.3) is 0 Å². The third kappa shape index (κ3) is 6.13. The SMILES string of the molecule is [CH2-]CC/C=C\C[C@@H]1[C@@H](COc2ccc(C)c(C)c2)[C@H](O)C[C@H]1Cl.[Y]. The van der Waals surface area contributed by atoms with Crippen LogP contribution in [0.2, 0.25) is 0 Å². The Hall–Kier alpha value is 0.114. The number of aliphatic hydroxyl groups excluding tert-OH is 1. The molecule has 4 heteroatoms. The summed E-state index contributed by atoms with van der Waals surface area (Å²) >= 11 is 6.45. The number of aliphatic hydroxyl groups is 1. The number of allylic oxidation sites excluding steroid dienone is 2. The van der Waals surface area contributed by atoms with Gasteiger partial charge in [-0.2, -0.15) is 6.42 Å². The van der Waals surface area contributed by atoms with Crippen LogP contribution in [0.5, 0.6) is 5.75 Å². The van der Waals surface area contributed by atoms with E-state index in [0.717, 1.165) is 25.0 Å². The number of hydrogen-bond acceptors (Lipinski definition) is 2. The molecule has 2 nitrogen and oxygen atoms in total. The first-order valence-electron chi connectivity index (χ1n) is 8.49. The topological polar surface area (TPSA) is 29.5 Å². The Bertz CT molecular complexity index is 532. The maximum absolute atomic E-state index is 10.3. The second kappa shape index (κ2) is 11.0. The molecule has 24 heavy (non-hydrogen) atoms. The molecule has 1 saturated carbocycles. The Morgan fingerprint density at radius 2 is 2.00 bits per heavy atom. The quantitative estimate of drug-likeness (QED) is 0.385. The van der Waals surface area contributed by atoms with Crippen LogP contribution in [0.4, 0.5) is 0 Å². The summed E-state index contributed by atoms with van der Waals surface area (Å²) in [5.74, 6) is 1.22. The number of ether oxygens (including phenoxy) is 1. The zero-order valence-corrected chi connectivity index (χ0v) is 18.3. The van der Waals surface area contributed by atoms with Gasteiger partial charge in [0.15, 0.2) is 0 Å². The normalized spacial score (nSPS) is 26.5. The van der Waals surface area contributed by atoms with E-state index in [-0.39, 0.29) is 56.0 Å². The minimum Gasteiger partial charge on any atom is -0.493 e. The van der Waals surface area contributed by atoms with Crippen molar-refractivity contribution in [2.24, 2.45) is 11.8 Å². The van der Waals surface area contributed by atoms with E-state index in [1.807, 2.05) is 6.07 Å². The van der Waals surface area contributed by atoms with E-state index < -0.39 is 0 Å². The first-order valence-corrected chi connectivity index (χ1v) is 8.93. The van der Waals surface area contributed by atoms with Crippen molar-refractivity contribution in [2.45, 2.75) is 51.0 Å². The van der Waals surface area contributed by atoms with Crippen molar-refractivity contribution in [3.63, 3.8) is 0 Å². The third-order valence-electron chi connectivity index (χ3n) is 4.84. The Balaban J connectivity index is 0.00000288. The van der Waals surface area contributed by atoms with Crippen LogP contribution in [0.15, 0.2) is 30.4 Å². The fourth-order valence-electron chi connectivity index (χ4n) is 3.18. The Morgan fingerprint density at radius 3 is 2.67 bits per heavy atom. The summed E-state index contributed by atoms with van der Waals surface area (Å²) in [7, 11) is 0. The van der Waals surface area contributed by atoms with Crippen LogP contribution in [0.3, 0.4) is 0 Å². The maximum atomic E-state index is 10.3. The van der Waals surface area contributed by atoms with Crippen LogP contribution in [-0.2, 0) is 32.7 Å². The van der Waals surface area contributed by atoms with Gasteiger partial charge in [0.1, 0.15) is 5.75 Å². The van der Waals surface area contributed by atoms with Gasteiger partial charge in [0, 0.05) is 44.0 Å². The van der Waals surface area contributed by atoms with Gasteiger partial charge in [0.2, 0.25) is 0 Å². The van der Waals surface area contributed by atoms with Crippen molar-refractivity contribution in [3.8, 4) is 5.75 Å². The molecule has 1 fully saturated rings. The van der Waals surface area contributed by atoms with Gasteiger partial charge in [-0.05, 0) is 55.9 Å². The molecule has 4 atom stereocenters. The predicted octanol–water partition coefficient (Wildman–Crippen LogP) is 4.84. The minimum absolute atomic E-state index is 0. The van der Waals surface area contributed by atoms with Crippen molar-refractivity contribution >= 4 is 11.6 Å². The molecule has 1 aliphatic rings. The molecule has 131 valence electrons. The number of benzene rings is 1. The molecule has 0 aliphatic heterocycles. The van der Waals surface area contributed by atoms with Crippen molar-refractivity contribution < 1.29 is 42.6 Å². The second-order valence-corrected chi connectivity index (χ2v) is 7.11. The first kappa shape index (κ1) is 22.2. The van der Waals surface area contributed by atoms with Gasteiger partial charge < -0.3 is 16.8 Å². The summed E-state index contributed by atoms with van der Waals surface area (Å²) < 4.78 is 5.95. The van der Waals surface area contributed by atoms with E-state index in [9.17, 15) is 5.11 Å². The van der Waals surface area contributed by atoms with Crippen LogP contribution < -0.4 is 4.74 Å². The van der Waals surface area contributed by atoms with E-state index in [1.165, 1.54) is 11.1 Å². The van der Waals surface area contributed by atoms with E-state index in [0.29, 0.717) is 13.0 Å². The monoisotopic (exact) mass is 424 g/mol. The summed E-state index contributed by atoms with van der Waals surface area (Å²) in [6.07, 6.45) is 7.40. The van der Waals surface area contributed by atoms with Crippen molar-refractivity contribution in [1.82, 2.24) is 0 Å². The smallest absolute Gasteiger partial charge is 0.119 e. The number of alkyl halides is 1. The molecule has 1 aromatic rings. The molecule has 1 radical (unpaired) electrons. The average molecular weight is 425 g/mol. The van der Waals surface area contributed by atoms with Gasteiger partial charge in [-0.15, -0.1) is 11.6 Å². The maximum Gasteiger partial charge on any atom is 0.119 e. The third-order valence-corrected chi connectivity index (χ3v) is 5.34. The summed E-state index contributed by atoms with van der Waals surface area (Å²) in [6, 6.07) is 6.11. The molecule has 0 saturated heterocycles. The summed E-state index contributed by atoms with van der Waals surface area (Å²) in [4.78, 5) is 0. The van der Waals surface area contributed by atoms with Gasteiger partial charge in [0.05, 0.1) is 12.7 Å². The largest absolute Gasteiger partial charge is 0.493 e. The second-order valence-electron chi connectivity index (χ2n) is 6.55. The van der Waals surface area contributed by atoms with Crippen molar-refractivity contribution in [1.29, 1.82) is 0 Å². The van der Waals surface area contributed by atoms with E-state index >= 15 is 0 Å². The van der Waals surface area contributed by atoms with Crippen LogP contribution in [-0.4, -0.2) is 23.2 Å². The number of halogens is 1. The number of unbranched alkanes of at least 4 members (excludes halogenated alkanes) is 1. The van der Waals surface area contributed by atoms with E-state index in [4.69, 9.17) is 16.3 Å². The van der Waals surface area contributed by atoms with Crippen LogP contribution in [0, 0.1) is 32.6 Å². The minimum atomic E-state index is -0.379. The Labute approximate surface area is 176 Å². The molecule has 1 N–H and O–H groups in total.